The first-order valence-electron chi connectivity index (χ1n) is 13.0. The largest absolute Gasteiger partial charge is 0.489 e. The van der Waals surface area contributed by atoms with Gasteiger partial charge in [-0.25, -0.2) is 9.79 Å². The summed E-state index contributed by atoms with van der Waals surface area (Å²) in [5, 5.41) is 11.2. The summed E-state index contributed by atoms with van der Waals surface area (Å²) in [4.78, 5) is 42.9. The zero-order chi connectivity index (χ0) is 29.1. The van der Waals surface area contributed by atoms with Crippen molar-refractivity contribution in [3.63, 3.8) is 0 Å². The lowest BCUT2D eigenvalue weighted by Crippen LogP contribution is -2.40. The van der Waals surface area contributed by atoms with E-state index in [1.807, 2.05) is 42.5 Å². The van der Waals surface area contributed by atoms with Gasteiger partial charge >= 0.3 is 5.97 Å². The molecular weight excluding hydrogens is 542 g/mol. The van der Waals surface area contributed by atoms with Gasteiger partial charge in [0, 0.05) is 12.1 Å². The van der Waals surface area contributed by atoms with E-state index in [0.717, 1.165) is 16.9 Å². The summed E-state index contributed by atoms with van der Waals surface area (Å²) in [6, 6.07) is 22.3. The van der Waals surface area contributed by atoms with E-state index in [4.69, 9.17) is 9.47 Å². The van der Waals surface area contributed by atoms with Crippen LogP contribution in [0.15, 0.2) is 99.9 Å². The monoisotopic (exact) mass is 569 g/mol. The van der Waals surface area contributed by atoms with Crippen LogP contribution < -0.4 is 19.6 Å². The average molecular weight is 570 g/mol. The number of esters is 1. The number of nitrogens with zero attached hydrogens (tertiary/aromatic N) is 3. The summed E-state index contributed by atoms with van der Waals surface area (Å²) in [5.41, 5.74) is 2.51. The summed E-state index contributed by atoms with van der Waals surface area (Å²) < 4.78 is 13.3. The van der Waals surface area contributed by atoms with Gasteiger partial charge in [0.2, 0.25) is 0 Å². The molecule has 0 bridgehead atoms. The van der Waals surface area contributed by atoms with Gasteiger partial charge in [-0.3, -0.25) is 19.5 Å². The van der Waals surface area contributed by atoms with E-state index in [1.165, 1.54) is 16.7 Å². The van der Waals surface area contributed by atoms with E-state index in [9.17, 15) is 19.7 Å². The Labute approximate surface area is 239 Å². The molecule has 0 spiro atoms. The molecule has 1 aliphatic heterocycles. The molecule has 1 aromatic heterocycles. The third-order valence-corrected chi connectivity index (χ3v) is 7.39. The molecule has 1 unspecified atom stereocenters. The number of hydrogen-bond acceptors (Lipinski definition) is 8. The molecule has 0 saturated carbocycles. The molecule has 10 heteroatoms. The van der Waals surface area contributed by atoms with Crippen molar-refractivity contribution in [1.82, 2.24) is 4.57 Å². The molecular formula is C31H27N3O6S. The number of carbonyl (C=O) groups is 1. The van der Waals surface area contributed by atoms with Gasteiger partial charge in [0.1, 0.15) is 12.4 Å². The Kier molecular flexibility index (Phi) is 7.93. The second kappa shape index (κ2) is 11.7. The second-order valence-corrected chi connectivity index (χ2v) is 10.7. The number of benzene rings is 3. The van der Waals surface area contributed by atoms with E-state index in [-0.39, 0.29) is 22.9 Å². The molecule has 0 radical (unpaired) electrons. The molecule has 1 atom stereocenters. The van der Waals surface area contributed by atoms with Gasteiger partial charge in [-0.05, 0) is 55.7 Å². The first-order valence-corrected chi connectivity index (χ1v) is 13.8. The highest BCUT2D eigenvalue weighted by atomic mass is 32.1. The third kappa shape index (κ3) is 6.02. The van der Waals surface area contributed by atoms with Gasteiger partial charge in [-0.2, -0.15) is 0 Å². The molecule has 4 aromatic rings. The first kappa shape index (κ1) is 27.7. The predicted molar refractivity (Wildman–Crippen MR) is 155 cm³/mol. The van der Waals surface area contributed by atoms with Crippen molar-refractivity contribution < 1.29 is 19.2 Å². The SMILES string of the molecule is CC1=C(C(=O)OC(C)C)C(c2ccc(OCc3ccccc3)cc2)n2c(s/c(=C\c3cccc([N+](=O)[O-])c3)c2=O)=N1. The van der Waals surface area contributed by atoms with Gasteiger partial charge in [-0.15, -0.1) is 0 Å². The number of nitro groups is 1. The first-order chi connectivity index (χ1) is 19.7. The lowest BCUT2D eigenvalue weighted by atomic mass is 9.96. The van der Waals surface area contributed by atoms with Gasteiger partial charge in [0.15, 0.2) is 4.80 Å². The van der Waals surface area contributed by atoms with Crippen LogP contribution in [0.25, 0.3) is 6.08 Å². The maximum atomic E-state index is 13.8. The van der Waals surface area contributed by atoms with Crippen molar-refractivity contribution in [3.8, 4) is 5.75 Å². The Bertz CT molecular complexity index is 1820. The predicted octanol–water partition coefficient (Wildman–Crippen LogP) is 4.67. The summed E-state index contributed by atoms with van der Waals surface area (Å²) in [6.45, 7) is 5.64. The lowest BCUT2D eigenvalue weighted by Gasteiger charge is -2.25. The Balaban J connectivity index is 1.57. The smallest absolute Gasteiger partial charge is 0.338 e. The van der Waals surface area contributed by atoms with Crippen molar-refractivity contribution in [2.75, 3.05) is 0 Å². The molecule has 0 fully saturated rings. The van der Waals surface area contributed by atoms with Gasteiger partial charge in [0.25, 0.3) is 11.2 Å². The van der Waals surface area contributed by atoms with Crippen molar-refractivity contribution in [1.29, 1.82) is 0 Å². The minimum absolute atomic E-state index is 0.0754. The van der Waals surface area contributed by atoms with Gasteiger partial charge < -0.3 is 9.47 Å². The summed E-state index contributed by atoms with van der Waals surface area (Å²) in [6.07, 6.45) is 1.23. The fourth-order valence-corrected chi connectivity index (χ4v) is 5.59. The number of aromatic nitrogens is 1. The van der Waals surface area contributed by atoms with Crippen LogP contribution in [0.4, 0.5) is 5.69 Å². The number of ether oxygens (including phenoxy) is 2. The molecule has 5 rings (SSSR count). The van der Waals surface area contributed by atoms with Crippen LogP contribution in [-0.2, 0) is 16.1 Å². The van der Waals surface area contributed by atoms with Crippen molar-refractivity contribution in [2.45, 2.75) is 39.5 Å². The number of thiazole rings is 1. The van der Waals surface area contributed by atoms with Crippen LogP contribution in [0.1, 0.15) is 43.5 Å². The normalized spacial score (nSPS) is 14.9. The average Bonchev–Trinajstić information content (AvgIpc) is 3.25. The quantitative estimate of drug-likeness (QED) is 0.173. The van der Waals surface area contributed by atoms with Crippen molar-refractivity contribution >= 4 is 29.1 Å². The summed E-state index contributed by atoms with van der Waals surface area (Å²) in [5.74, 6) is 0.0892. The Morgan fingerprint density at radius 2 is 1.83 bits per heavy atom. The van der Waals surface area contributed by atoms with E-state index in [0.29, 0.717) is 38.5 Å². The highest BCUT2D eigenvalue weighted by Gasteiger charge is 2.33. The van der Waals surface area contributed by atoms with Crippen LogP contribution in [0.3, 0.4) is 0 Å². The fourth-order valence-electron chi connectivity index (χ4n) is 4.54. The van der Waals surface area contributed by atoms with Crippen molar-refractivity contribution in [3.05, 3.63) is 137 Å². The molecule has 1 aliphatic rings. The Hall–Kier alpha value is -4.83. The van der Waals surface area contributed by atoms with E-state index >= 15 is 0 Å². The fraction of sp³-hybridized carbons (Fsp3) is 0.194. The number of hydrogen-bond donors (Lipinski definition) is 0. The second-order valence-electron chi connectivity index (χ2n) is 9.73. The van der Waals surface area contributed by atoms with Gasteiger partial charge in [-0.1, -0.05) is 65.9 Å². The minimum atomic E-state index is -0.784. The van der Waals surface area contributed by atoms with E-state index in [1.54, 1.807) is 51.1 Å². The van der Waals surface area contributed by atoms with Crippen LogP contribution in [0.2, 0.25) is 0 Å². The number of rotatable bonds is 8. The highest BCUT2D eigenvalue weighted by molar-refractivity contribution is 7.07. The molecule has 0 aliphatic carbocycles. The topological polar surface area (TPSA) is 113 Å². The lowest BCUT2D eigenvalue weighted by molar-refractivity contribution is -0.384. The Morgan fingerprint density at radius 1 is 1.10 bits per heavy atom. The summed E-state index contributed by atoms with van der Waals surface area (Å²) >= 11 is 1.16. The van der Waals surface area contributed by atoms with Crippen molar-refractivity contribution in [2.24, 2.45) is 4.99 Å². The van der Waals surface area contributed by atoms with E-state index < -0.39 is 16.9 Å². The molecule has 2 heterocycles. The van der Waals surface area contributed by atoms with E-state index in [2.05, 4.69) is 4.99 Å². The molecule has 0 saturated heterocycles. The number of non-ortho nitro benzene ring substituents is 1. The van der Waals surface area contributed by atoms with Crippen LogP contribution in [0, 0.1) is 10.1 Å². The number of nitro benzene ring substituents is 1. The van der Waals surface area contributed by atoms with Crippen LogP contribution >= 0.6 is 11.3 Å². The standard InChI is InChI=1S/C31H27N3O6S/c1-19(2)40-30(36)27-20(3)32-31-33(29(35)26(41-31)17-22-10-7-11-24(16-22)34(37)38)28(27)23-12-14-25(15-13-23)39-18-21-8-5-4-6-9-21/h4-17,19,28H,18H2,1-3H3/b26-17-. The number of carbonyl (C=O) groups excluding carboxylic acids is 1. The van der Waals surface area contributed by atoms with Gasteiger partial charge in [0.05, 0.1) is 32.9 Å². The van der Waals surface area contributed by atoms with Crippen LogP contribution in [-0.4, -0.2) is 21.6 Å². The molecule has 0 amide bonds. The molecule has 0 N–H and O–H groups in total. The highest BCUT2D eigenvalue weighted by Crippen LogP contribution is 2.32. The maximum Gasteiger partial charge on any atom is 0.338 e. The molecule has 41 heavy (non-hydrogen) atoms. The molecule has 3 aromatic carbocycles. The number of allylic oxidation sites excluding steroid dienone is 1. The molecule has 208 valence electrons. The maximum absolute atomic E-state index is 13.8. The zero-order valence-electron chi connectivity index (χ0n) is 22.6. The third-order valence-electron chi connectivity index (χ3n) is 6.41. The number of fused-ring (bicyclic) bond motifs is 1. The zero-order valence-corrected chi connectivity index (χ0v) is 23.5. The Morgan fingerprint density at radius 3 is 2.51 bits per heavy atom. The van der Waals surface area contributed by atoms with Crippen LogP contribution in [0.5, 0.6) is 5.75 Å². The summed E-state index contributed by atoms with van der Waals surface area (Å²) in [7, 11) is 0. The molecule has 9 nitrogen and oxygen atoms in total. The minimum Gasteiger partial charge on any atom is -0.489 e.